The second-order valence-corrected chi connectivity index (χ2v) is 4.66. The van der Waals surface area contributed by atoms with Gasteiger partial charge in [0.15, 0.2) is 0 Å². The summed E-state index contributed by atoms with van der Waals surface area (Å²) in [5.41, 5.74) is 0. The van der Waals surface area contributed by atoms with Crippen LogP contribution in [0.1, 0.15) is 24.6 Å². The summed E-state index contributed by atoms with van der Waals surface area (Å²) in [6.07, 6.45) is 2.06. The van der Waals surface area contributed by atoms with E-state index in [1.54, 1.807) is 11.3 Å². The molecule has 90 valence electrons. The van der Waals surface area contributed by atoms with Crippen LogP contribution in [0.4, 0.5) is 0 Å². The Balaban J connectivity index is 2.31. The Kier molecular flexibility index (Phi) is 6.11. The van der Waals surface area contributed by atoms with E-state index in [9.17, 15) is 4.79 Å². The SMILES string of the molecule is CCN(CCCO)C(=O)CCc1cccs1. The smallest absolute Gasteiger partial charge is 0.222 e. The molecule has 1 amide bonds. The van der Waals surface area contributed by atoms with E-state index in [2.05, 4.69) is 6.07 Å². The van der Waals surface area contributed by atoms with E-state index >= 15 is 0 Å². The molecule has 1 N–H and O–H groups in total. The summed E-state index contributed by atoms with van der Waals surface area (Å²) in [6, 6.07) is 4.07. The lowest BCUT2D eigenvalue weighted by molar-refractivity contribution is -0.131. The van der Waals surface area contributed by atoms with Crippen LogP contribution in [0.5, 0.6) is 0 Å². The molecule has 0 spiro atoms. The lowest BCUT2D eigenvalue weighted by Crippen LogP contribution is -2.32. The normalized spacial score (nSPS) is 10.4. The Morgan fingerprint density at radius 1 is 1.56 bits per heavy atom. The molecule has 0 bridgehead atoms. The van der Waals surface area contributed by atoms with Crippen LogP contribution in [-0.2, 0) is 11.2 Å². The second kappa shape index (κ2) is 7.41. The molecule has 0 aromatic carbocycles. The monoisotopic (exact) mass is 241 g/mol. The lowest BCUT2D eigenvalue weighted by Gasteiger charge is -2.20. The summed E-state index contributed by atoms with van der Waals surface area (Å²) >= 11 is 1.69. The summed E-state index contributed by atoms with van der Waals surface area (Å²) in [5, 5.41) is 10.8. The molecule has 0 saturated carbocycles. The summed E-state index contributed by atoms with van der Waals surface area (Å²) < 4.78 is 0. The molecule has 1 aromatic rings. The van der Waals surface area contributed by atoms with E-state index in [-0.39, 0.29) is 12.5 Å². The first-order chi connectivity index (χ1) is 7.77. The van der Waals surface area contributed by atoms with Crippen molar-refractivity contribution >= 4 is 17.2 Å². The van der Waals surface area contributed by atoms with Gasteiger partial charge in [0, 0.05) is 31.0 Å². The molecule has 0 aliphatic carbocycles. The maximum atomic E-state index is 11.8. The average molecular weight is 241 g/mol. The highest BCUT2D eigenvalue weighted by atomic mass is 32.1. The first kappa shape index (κ1) is 13.2. The van der Waals surface area contributed by atoms with Gasteiger partial charge in [0.1, 0.15) is 0 Å². The minimum absolute atomic E-state index is 0.148. The molecule has 0 fully saturated rings. The number of thiophene rings is 1. The standard InChI is InChI=1S/C12H19NO2S/c1-2-13(8-4-9-14)12(15)7-6-11-5-3-10-16-11/h3,5,10,14H,2,4,6-9H2,1H3. The van der Waals surface area contributed by atoms with Crippen LogP contribution < -0.4 is 0 Å². The fourth-order valence-electron chi connectivity index (χ4n) is 1.56. The van der Waals surface area contributed by atoms with Gasteiger partial charge in [-0.2, -0.15) is 0 Å². The van der Waals surface area contributed by atoms with Gasteiger partial charge in [0.2, 0.25) is 5.91 Å². The van der Waals surface area contributed by atoms with E-state index in [1.807, 2.05) is 23.3 Å². The fraction of sp³-hybridized carbons (Fsp3) is 0.583. The molecule has 1 heterocycles. The zero-order valence-electron chi connectivity index (χ0n) is 9.69. The number of aliphatic hydroxyl groups excluding tert-OH is 1. The van der Waals surface area contributed by atoms with Gasteiger partial charge in [-0.05, 0) is 31.2 Å². The number of carbonyl (C=O) groups excluding carboxylic acids is 1. The Labute approximate surface area is 101 Å². The molecule has 0 atom stereocenters. The Morgan fingerprint density at radius 3 is 2.94 bits per heavy atom. The molecule has 0 aliphatic rings. The highest BCUT2D eigenvalue weighted by molar-refractivity contribution is 7.09. The maximum Gasteiger partial charge on any atom is 0.222 e. The number of carbonyl (C=O) groups is 1. The van der Waals surface area contributed by atoms with Crippen molar-refractivity contribution in [3.63, 3.8) is 0 Å². The van der Waals surface area contributed by atoms with Crippen LogP contribution in [0.25, 0.3) is 0 Å². The minimum atomic E-state index is 0.148. The molecule has 1 rings (SSSR count). The molecular formula is C12H19NO2S. The number of amides is 1. The number of hydrogen-bond donors (Lipinski definition) is 1. The van der Waals surface area contributed by atoms with Crippen molar-refractivity contribution in [2.75, 3.05) is 19.7 Å². The van der Waals surface area contributed by atoms with Crippen molar-refractivity contribution in [3.8, 4) is 0 Å². The van der Waals surface area contributed by atoms with Crippen molar-refractivity contribution in [3.05, 3.63) is 22.4 Å². The molecule has 0 unspecified atom stereocenters. The fourth-order valence-corrected chi connectivity index (χ4v) is 2.27. The quantitative estimate of drug-likeness (QED) is 0.792. The van der Waals surface area contributed by atoms with Gasteiger partial charge in [-0.25, -0.2) is 0 Å². The van der Waals surface area contributed by atoms with Crippen LogP contribution in [0.2, 0.25) is 0 Å². The van der Waals surface area contributed by atoms with Crippen LogP contribution in [0.3, 0.4) is 0 Å². The third-order valence-corrected chi connectivity index (χ3v) is 3.42. The zero-order valence-corrected chi connectivity index (χ0v) is 10.5. The Hall–Kier alpha value is -0.870. The number of nitrogens with zero attached hydrogens (tertiary/aromatic N) is 1. The number of rotatable bonds is 7. The molecule has 4 heteroatoms. The van der Waals surface area contributed by atoms with Crippen LogP contribution in [-0.4, -0.2) is 35.6 Å². The van der Waals surface area contributed by atoms with Crippen LogP contribution in [0.15, 0.2) is 17.5 Å². The lowest BCUT2D eigenvalue weighted by atomic mass is 10.2. The van der Waals surface area contributed by atoms with E-state index in [0.717, 1.165) is 13.0 Å². The molecular weight excluding hydrogens is 222 g/mol. The highest BCUT2D eigenvalue weighted by Crippen LogP contribution is 2.11. The van der Waals surface area contributed by atoms with Gasteiger partial charge >= 0.3 is 0 Å². The Morgan fingerprint density at radius 2 is 2.38 bits per heavy atom. The van der Waals surface area contributed by atoms with Gasteiger partial charge in [0.25, 0.3) is 0 Å². The highest BCUT2D eigenvalue weighted by Gasteiger charge is 2.10. The van der Waals surface area contributed by atoms with Crippen molar-refractivity contribution < 1.29 is 9.90 Å². The molecule has 1 aromatic heterocycles. The second-order valence-electron chi connectivity index (χ2n) is 3.63. The van der Waals surface area contributed by atoms with Crippen LogP contribution >= 0.6 is 11.3 Å². The van der Waals surface area contributed by atoms with E-state index in [4.69, 9.17) is 5.11 Å². The first-order valence-electron chi connectivity index (χ1n) is 5.69. The Bertz CT molecular complexity index is 298. The van der Waals surface area contributed by atoms with Gasteiger partial charge in [-0.3, -0.25) is 4.79 Å². The zero-order chi connectivity index (χ0) is 11.8. The van der Waals surface area contributed by atoms with E-state index in [0.29, 0.717) is 19.4 Å². The third kappa shape index (κ3) is 4.33. The van der Waals surface area contributed by atoms with E-state index < -0.39 is 0 Å². The summed E-state index contributed by atoms with van der Waals surface area (Å²) in [4.78, 5) is 14.9. The maximum absolute atomic E-state index is 11.8. The third-order valence-electron chi connectivity index (χ3n) is 2.49. The molecule has 0 radical (unpaired) electrons. The van der Waals surface area contributed by atoms with Crippen molar-refractivity contribution in [1.29, 1.82) is 0 Å². The summed E-state index contributed by atoms with van der Waals surface area (Å²) in [6.45, 7) is 3.51. The molecule has 0 aliphatic heterocycles. The average Bonchev–Trinajstić information content (AvgIpc) is 2.80. The van der Waals surface area contributed by atoms with Gasteiger partial charge in [0.05, 0.1) is 0 Å². The van der Waals surface area contributed by atoms with Gasteiger partial charge < -0.3 is 10.0 Å². The molecule has 16 heavy (non-hydrogen) atoms. The van der Waals surface area contributed by atoms with Gasteiger partial charge in [-0.1, -0.05) is 6.07 Å². The minimum Gasteiger partial charge on any atom is -0.396 e. The number of aryl methyl sites for hydroxylation is 1. The number of hydrogen-bond acceptors (Lipinski definition) is 3. The summed E-state index contributed by atoms with van der Waals surface area (Å²) in [7, 11) is 0. The van der Waals surface area contributed by atoms with E-state index in [1.165, 1.54) is 4.88 Å². The van der Waals surface area contributed by atoms with Crippen molar-refractivity contribution in [1.82, 2.24) is 4.90 Å². The van der Waals surface area contributed by atoms with Gasteiger partial charge in [-0.15, -0.1) is 11.3 Å². The van der Waals surface area contributed by atoms with Crippen LogP contribution in [0, 0.1) is 0 Å². The van der Waals surface area contributed by atoms with Crippen molar-refractivity contribution in [2.45, 2.75) is 26.2 Å². The number of aliphatic hydroxyl groups is 1. The predicted octanol–water partition coefficient (Wildman–Crippen LogP) is 1.91. The topological polar surface area (TPSA) is 40.5 Å². The molecule has 3 nitrogen and oxygen atoms in total. The largest absolute Gasteiger partial charge is 0.396 e. The van der Waals surface area contributed by atoms with Crippen molar-refractivity contribution in [2.24, 2.45) is 0 Å². The predicted molar refractivity (Wildman–Crippen MR) is 66.6 cm³/mol. The summed E-state index contributed by atoms with van der Waals surface area (Å²) in [5.74, 6) is 0.185. The molecule has 0 saturated heterocycles. The first-order valence-corrected chi connectivity index (χ1v) is 6.57.